The van der Waals surface area contributed by atoms with E-state index in [1.165, 1.54) is 12.8 Å². The lowest BCUT2D eigenvalue weighted by molar-refractivity contribution is 0.0697. The van der Waals surface area contributed by atoms with E-state index in [-0.39, 0.29) is 11.6 Å². The van der Waals surface area contributed by atoms with Crippen molar-refractivity contribution in [1.82, 2.24) is 10.2 Å². The first-order valence-corrected chi connectivity index (χ1v) is 6.87. The zero-order valence-corrected chi connectivity index (χ0v) is 11.6. The van der Waals surface area contributed by atoms with Gasteiger partial charge < -0.3 is 15.3 Å². The molecular weight excluding hydrogens is 256 g/mol. The van der Waals surface area contributed by atoms with Crippen LogP contribution in [0.25, 0.3) is 0 Å². The first kappa shape index (κ1) is 14.4. The quantitative estimate of drug-likeness (QED) is 0.837. The fourth-order valence-corrected chi connectivity index (χ4v) is 2.02. The highest BCUT2D eigenvalue weighted by Gasteiger charge is 2.20. The van der Waals surface area contributed by atoms with Crippen LogP contribution in [0.15, 0.2) is 24.3 Å². The Kier molecular flexibility index (Phi) is 4.61. The fourth-order valence-electron chi connectivity index (χ4n) is 2.02. The summed E-state index contributed by atoms with van der Waals surface area (Å²) in [5.74, 6) is -0.133. The van der Waals surface area contributed by atoms with Gasteiger partial charge in [0.1, 0.15) is 0 Å². The van der Waals surface area contributed by atoms with Crippen LogP contribution >= 0.6 is 0 Å². The molecule has 1 aromatic carbocycles. The topological polar surface area (TPSA) is 69.6 Å². The third-order valence-electron chi connectivity index (χ3n) is 3.49. The maximum absolute atomic E-state index is 11.8. The predicted molar refractivity (Wildman–Crippen MR) is 75.6 cm³/mol. The average molecular weight is 276 g/mol. The van der Waals surface area contributed by atoms with E-state index in [9.17, 15) is 9.59 Å². The van der Waals surface area contributed by atoms with Crippen LogP contribution < -0.4 is 5.32 Å². The summed E-state index contributed by atoms with van der Waals surface area (Å²) in [6.07, 6.45) is 3.65. The number of nitrogens with zero attached hydrogens (tertiary/aromatic N) is 1. The van der Waals surface area contributed by atoms with Gasteiger partial charge in [0.2, 0.25) is 0 Å². The Bertz CT molecular complexity index is 480. The zero-order chi connectivity index (χ0) is 14.5. The van der Waals surface area contributed by atoms with Crippen molar-refractivity contribution in [1.29, 1.82) is 0 Å². The molecule has 0 unspecified atom stereocenters. The molecule has 2 rings (SSSR count). The molecule has 1 aliphatic carbocycles. The second-order valence-electron chi connectivity index (χ2n) is 5.32. The minimum absolute atomic E-state index is 0.0899. The largest absolute Gasteiger partial charge is 0.478 e. The summed E-state index contributed by atoms with van der Waals surface area (Å²) in [7, 11) is 1.73. The Labute approximate surface area is 118 Å². The Morgan fingerprint density at radius 3 is 2.50 bits per heavy atom. The zero-order valence-electron chi connectivity index (χ0n) is 11.6. The highest BCUT2D eigenvalue weighted by molar-refractivity contribution is 5.87. The van der Waals surface area contributed by atoms with Gasteiger partial charge in [-0.05, 0) is 30.0 Å². The van der Waals surface area contributed by atoms with E-state index in [0.717, 1.165) is 24.4 Å². The van der Waals surface area contributed by atoms with Gasteiger partial charge in [-0.1, -0.05) is 25.0 Å². The number of carbonyl (C=O) groups is 2. The van der Waals surface area contributed by atoms with E-state index in [0.29, 0.717) is 6.54 Å². The van der Waals surface area contributed by atoms with Gasteiger partial charge in [0.15, 0.2) is 0 Å². The molecule has 0 heterocycles. The summed E-state index contributed by atoms with van der Waals surface area (Å²) in [6.45, 7) is 1.20. The van der Waals surface area contributed by atoms with Crippen LogP contribution in [0.3, 0.4) is 0 Å². The van der Waals surface area contributed by atoms with E-state index >= 15 is 0 Å². The Morgan fingerprint density at radius 2 is 1.95 bits per heavy atom. The van der Waals surface area contributed by atoms with Gasteiger partial charge in [0.25, 0.3) is 0 Å². The molecule has 5 heteroatoms. The molecule has 20 heavy (non-hydrogen) atoms. The van der Waals surface area contributed by atoms with Crippen LogP contribution in [0, 0.1) is 5.92 Å². The number of carbonyl (C=O) groups excluding carboxylic acids is 1. The average Bonchev–Trinajstić information content (AvgIpc) is 3.23. The highest BCUT2D eigenvalue weighted by atomic mass is 16.4. The smallest absolute Gasteiger partial charge is 0.335 e. The van der Waals surface area contributed by atoms with E-state index in [2.05, 4.69) is 5.32 Å². The number of benzene rings is 1. The van der Waals surface area contributed by atoms with Crippen LogP contribution in [-0.2, 0) is 6.54 Å². The first-order chi connectivity index (χ1) is 9.56. The lowest BCUT2D eigenvalue weighted by Crippen LogP contribution is -2.37. The summed E-state index contributed by atoms with van der Waals surface area (Å²) in [5.41, 5.74) is 1.17. The van der Waals surface area contributed by atoms with Crippen molar-refractivity contribution < 1.29 is 14.7 Å². The first-order valence-electron chi connectivity index (χ1n) is 6.87. The number of amides is 2. The minimum atomic E-state index is -0.942. The molecule has 0 saturated heterocycles. The number of aromatic carboxylic acids is 1. The van der Waals surface area contributed by atoms with Crippen LogP contribution in [0.4, 0.5) is 4.79 Å². The van der Waals surface area contributed by atoms with Crippen molar-refractivity contribution in [2.45, 2.75) is 25.8 Å². The second kappa shape index (κ2) is 6.41. The molecule has 0 aromatic heterocycles. The SMILES string of the molecule is CN(Cc1ccc(C(=O)O)cc1)C(=O)NCCC1CC1. The molecular formula is C15H20N2O3. The molecule has 2 N–H and O–H groups in total. The molecule has 1 saturated carbocycles. The molecule has 1 aromatic rings. The third-order valence-corrected chi connectivity index (χ3v) is 3.49. The number of urea groups is 1. The van der Waals surface area contributed by atoms with Crippen molar-refractivity contribution in [2.75, 3.05) is 13.6 Å². The Hall–Kier alpha value is -2.04. The van der Waals surface area contributed by atoms with Gasteiger partial charge >= 0.3 is 12.0 Å². The lowest BCUT2D eigenvalue weighted by atomic mass is 10.1. The second-order valence-corrected chi connectivity index (χ2v) is 5.32. The van der Waals surface area contributed by atoms with Crippen molar-refractivity contribution in [2.24, 2.45) is 5.92 Å². The van der Waals surface area contributed by atoms with Crippen LogP contribution in [0.1, 0.15) is 35.2 Å². The molecule has 0 bridgehead atoms. The molecule has 0 aliphatic heterocycles. The molecule has 0 spiro atoms. The standard InChI is InChI=1S/C15H20N2O3/c1-17(15(20)16-9-8-11-2-3-11)10-12-4-6-13(7-5-12)14(18)19/h4-7,11H,2-3,8-10H2,1H3,(H,16,20)(H,18,19). The van der Waals surface area contributed by atoms with Gasteiger partial charge in [-0.25, -0.2) is 9.59 Å². The molecule has 108 valence electrons. The molecule has 2 amide bonds. The Morgan fingerprint density at radius 1 is 1.30 bits per heavy atom. The lowest BCUT2D eigenvalue weighted by Gasteiger charge is -2.18. The van der Waals surface area contributed by atoms with Crippen molar-refractivity contribution in [3.05, 3.63) is 35.4 Å². The number of hydrogen-bond donors (Lipinski definition) is 2. The van der Waals surface area contributed by atoms with Crippen LogP contribution in [0.5, 0.6) is 0 Å². The molecule has 1 aliphatic rings. The maximum Gasteiger partial charge on any atom is 0.335 e. The maximum atomic E-state index is 11.8. The number of carboxylic acid groups (broad SMARTS) is 1. The van der Waals surface area contributed by atoms with Gasteiger partial charge in [0, 0.05) is 20.1 Å². The molecule has 1 fully saturated rings. The number of rotatable bonds is 6. The molecule has 0 atom stereocenters. The summed E-state index contributed by atoms with van der Waals surface area (Å²) >= 11 is 0. The van der Waals surface area contributed by atoms with Crippen LogP contribution in [-0.4, -0.2) is 35.6 Å². The fraction of sp³-hybridized carbons (Fsp3) is 0.467. The third kappa shape index (κ3) is 4.26. The summed E-state index contributed by atoms with van der Waals surface area (Å²) in [5, 5.41) is 11.7. The van der Waals surface area contributed by atoms with Crippen LogP contribution in [0.2, 0.25) is 0 Å². The summed E-state index contributed by atoms with van der Waals surface area (Å²) in [4.78, 5) is 24.2. The van der Waals surface area contributed by atoms with Gasteiger partial charge in [-0.2, -0.15) is 0 Å². The van der Waals surface area contributed by atoms with Gasteiger partial charge in [-0.3, -0.25) is 0 Å². The summed E-state index contributed by atoms with van der Waals surface area (Å²) < 4.78 is 0. The van der Waals surface area contributed by atoms with Crippen molar-refractivity contribution in [3.8, 4) is 0 Å². The van der Waals surface area contributed by atoms with Gasteiger partial charge in [0.05, 0.1) is 5.56 Å². The summed E-state index contributed by atoms with van der Waals surface area (Å²) in [6, 6.07) is 6.48. The van der Waals surface area contributed by atoms with E-state index in [1.807, 2.05) is 0 Å². The molecule has 5 nitrogen and oxygen atoms in total. The normalized spacial score (nSPS) is 13.8. The van der Waals surface area contributed by atoms with Gasteiger partial charge in [-0.15, -0.1) is 0 Å². The number of hydrogen-bond acceptors (Lipinski definition) is 2. The highest BCUT2D eigenvalue weighted by Crippen LogP contribution is 2.31. The Balaban J connectivity index is 1.78. The van der Waals surface area contributed by atoms with E-state index < -0.39 is 5.97 Å². The number of nitrogens with one attached hydrogen (secondary N) is 1. The van der Waals surface area contributed by atoms with Crippen molar-refractivity contribution >= 4 is 12.0 Å². The molecule has 0 radical (unpaired) electrons. The van der Waals surface area contributed by atoms with E-state index in [1.54, 1.807) is 36.2 Å². The predicted octanol–water partition coefficient (Wildman–Crippen LogP) is 2.33. The monoisotopic (exact) mass is 276 g/mol. The van der Waals surface area contributed by atoms with Crippen molar-refractivity contribution in [3.63, 3.8) is 0 Å². The minimum Gasteiger partial charge on any atom is -0.478 e. The van der Waals surface area contributed by atoms with E-state index in [4.69, 9.17) is 5.11 Å². The number of carboxylic acids is 1.